The maximum Gasteiger partial charge on any atom is 0.241 e. The number of aryl methyl sites for hydroxylation is 1. The van der Waals surface area contributed by atoms with Gasteiger partial charge in [0.25, 0.3) is 0 Å². The fraction of sp³-hybridized carbons (Fsp3) is 0.0714. The minimum absolute atomic E-state index is 0.110. The molecule has 0 aliphatic rings. The van der Waals surface area contributed by atoms with Crippen LogP contribution in [-0.4, -0.2) is 16.7 Å². The van der Waals surface area contributed by atoms with Crippen LogP contribution in [0.1, 0.15) is 11.3 Å². The average molecular weight is 450 g/mol. The Hall–Kier alpha value is -3.96. The highest BCUT2D eigenvalue weighted by Gasteiger charge is 2.20. The van der Waals surface area contributed by atoms with Crippen LogP contribution in [0, 0.1) is 0 Å². The summed E-state index contributed by atoms with van der Waals surface area (Å²) in [5.74, 6) is -0.110. The second-order valence-electron chi connectivity index (χ2n) is 7.68. The van der Waals surface area contributed by atoms with Crippen LogP contribution >= 0.6 is 11.3 Å². The van der Waals surface area contributed by atoms with Crippen molar-refractivity contribution in [3.63, 3.8) is 0 Å². The Morgan fingerprint density at radius 3 is 2.27 bits per heavy atom. The summed E-state index contributed by atoms with van der Waals surface area (Å²) >= 11 is 1.58. The first-order valence-electron chi connectivity index (χ1n) is 10.9. The van der Waals surface area contributed by atoms with Crippen LogP contribution in [0.15, 0.2) is 108 Å². The fourth-order valence-electron chi connectivity index (χ4n) is 4.13. The second kappa shape index (κ2) is 9.67. The number of nitrogens with one attached hydrogen (secondary N) is 1. The molecule has 0 saturated heterocycles. The van der Waals surface area contributed by atoms with E-state index in [1.54, 1.807) is 17.6 Å². The van der Waals surface area contributed by atoms with Gasteiger partial charge in [-0.15, -0.1) is 11.3 Å². The van der Waals surface area contributed by atoms with Gasteiger partial charge in [-0.3, -0.25) is 4.79 Å². The lowest BCUT2D eigenvalue weighted by Crippen LogP contribution is -2.19. The first-order valence-corrected chi connectivity index (χ1v) is 11.8. The standard InChI is InChI=1S/C28H23N3OS/c32-26(30-29-20-23-14-9-19-33-23)17-18-31-25-16-8-7-15-24(25)27(21-10-3-1-4-11-21)28(31)22-12-5-2-6-13-22/h1-16,19-20H,17-18H2,(H,30,32). The van der Waals surface area contributed by atoms with Crippen LogP contribution in [0.3, 0.4) is 0 Å². The summed E-state index contributed by atoms with van der Waals surface area (Å²) in [7, 11) is 0. The zero-order valence-corrected chi connectivity index (χ0v) is 18.8. The third-order valence-corrected chi connectivity index (χ3v) is 6.37. The molecule has 2 aromatic heterocycles. The van der Waals surface area contributed by atoms with E-state index in [2.05, 4.69) is 81.8 Å². The molecule has 0 aliphatic carbocycles. The molecule has 0 spiro atoms. The Balaban J connectivity index is 1.52. The number of hydrogen-bond acceptors (Lipinski definition) is 3. The van der Waals surface area contributed by atoms with Gasteiger partial charge in [-0.25, -0.2) is 5.43 Å². The van der Waals surface area contributed by atoms with E-state index >= 15 is 0 Å². The molecular weight excluding hydrogens is 426 g/mol. The van der Waals surface area contributed by atoms with Crippen molar-refractivity contribution >= 4 is 34.4 Å². The molecule has 0 radical (unpaired) electrons. The largest absolute Gasteiger partial charge is 0.339 e. The summed E-state index contributed by atoms with van der Waals surface area (Å²) in [4.78, 5) is 13.6. The molecule has 4 nitrogen and oxygen atoms in total. The first kappa shape index (κ1) is 20.9. The predicted molar refractivity (Wildman–Crippen MR) is 137 cm³/mol. The van der Waals surface area contributed by atoms with Gasteiger partial charge in [0.2, 0.25) is 5.91 Å². The summed E-state index contributed by atoms with van der Waals surface area (Å²) < 4.78 is 2.26. The normalized spacial score (nSPS) is 11.3. The van der Waals surface area contributed by atoms with Gasteiger partial charge in [-0.1, -0.05) is 84.9 Å². The number of carbonyl (C=O) groups excluding carboxylic acids is 1. The van der Waals surface area contributed by atoms with Gasteiger partial charge < -0.3 is 4.57 Å². The predicted octanol–water partition coefficient (Wildman–Crippen LogP) is 6.58. The Bertz CT molecular complexity index is 1390. The van der Waals surface area contributed by atoms with Gasteiger partial charge in [0.15, 0.2) is 0 Å². The van der Waals surface area contributed by atoms with E-state index in [4.69, 9.17) is 0 Å². The molecule has 0 aliphatic heterocycles. The molecule has 0 fully saturated rings. The molecule has 2 heterocycles. The van der Waals surface area contributed by atoms with E-state index in [1.807, 2.05) is 35.7 Å². The third-order valence-electron chi connectivity index (χ3n) is 5.57. The van der Waals surface area contributed by atoms with Gasteiger partial charge >= 0.3 is 0 Å². The van der Waals surface area contributed by atoms with Crippen LogP contribution in [-0.2, 0) is 11.3 Å². The lowest BCUT2D eigenvalue weighted by Gasteiger charge is -2.13. The van der Waals surface area contributed by atoms with E-state index in [0.29, 0.717) is 13.0 Å². The smallest absolute Gasteiger partial charge is 0.241 e. The number of hydrazone groups is 1. The molecule has 0 saturated carbocycles. The maximum atomic E-state index is 12.6. The minimum atomic E-state index is -0.110. The summed E-state index contributed by atoms with van der Waals surface area (Å²) in [6.07, 6.45) is 2.01. The van der Waals surface area contributed by atoms with Crippen molar-refractivity contribution in [2.45, 2.75) is 13.0 Å². The molecule has 5 rings (SSSR count). The van der Waals surface area contributed by atoms with Crippen LogP contribution in [0.5, 0.6) is 0 Å². The number of benzene rings is 3. The molecule has 3 aromatic carbocycles. The lowest BCUT2D eigenvalue weighted by atomic mass is 9.98. The van der Waals surface area contributed by atoms with E-state index in [0.717, 1.165) is 27.2 Å². The highest BCUT2D eigenvalue weighted by molar-refractivity contribution is 7.11. The van der Waals surface area contributed by atoms with Crippen LogP contribution in [0.25, 0.3) is 33.3 Å². The van der Waals surface area contributed by atoms with Crippen molar-refractivity contribution in [2.75, 3.05) is 0 Å². The van der Waals surface area contributed by atoms with Gasteiger partial charge in [0, 0.05) is 34.3 Å². The second-order valence-corrected chi connectivity index (χ2v) is 8.66. The summed E-state index contributed by atoms with van der Waals surface area (Å²) in [6.45, 7) is 0.554. The van der Waals surface area contributed by atoms with E-state index < -0.39 is 0 Å². The van der Waals surface area contributed by atoms with E-state index in [1.165, 1.54) is 10.9 Å². The number of hydrogen-bond donors (Lipinski definition) is 1. The highest BCUT2D eigenvalue weighted by atomic mass is 32.1. The molecule has 1 amide bonds. The number of rotatable bonds is 7. The number of amides is 1. The molecular formula is C28H23N3OS. The van der Waals surface area contributed by atoms with Crippen molar-refractivity contribution < 1.29 is 4.79 Å². The third kappa shape index (κ3) is 4.49. The highest BCUT2D eigenvalue weighted by Crippen LogP contribution is 2.40. The Morgan fingerprint density at radius 2 is 1.55 bits per heavy atom. The first-order chi connectivity index (χ1) is 16.3. The van der Waals surface area contributed by atoms with Crippen molar-refractivity contribution in [3.8, 4) is 22.4 Å². The maximum absolute atomic E-state index is 12.6. The lowest BCUT2D eigenvalue weighted by molar-refractivity contribution is -0.121. The number of thiophene rings is 1. The van der Waals surface area contributed by atoms with Crippen molar-refractivity contribution in [1.82, 2.24) is 9.99 Å². The van der Waals surface area contributed by atoms with Gasteiger partial charge in [0.1, 0.15) is 0 Å². The zero-order chi connectivity index (χ0) is 22.5. The Labute approximate surface area is 196 Å². The number of carbonyl (C=O) groups is 1. The van der Waals surface area contributed by atoms with Crippen LogP contribution in [0.2, 0.25) is 0 Å². The number of nitrogens with zero attached hydrogens (tertiary/aromatic N) is 2. The number of fused-ring (bicyclic) bond motifs is 1. The van der Waals surface area contributed by atoms with E-state index in [-0.39, 0.29) is 5.91 Å². The van der Waals surface area contributed by atoms with Crippen molar-refractivity contribution in [3.05, 3.63) is 107 Å². The molecule has 5 heteroatoms. The molecule has 0 bridgehead atoms. The number of aromatic nitrogens is 1. The molecule has 0 unspecified atom stereocenters. The quantitative estimate of drug-likeness (QED) is 0.221. The average Bonchev–Trinajstić information content (AvgIpc) is 3.50. The molecule has 1 N–H and O–H groups in total. The molecule has 0 atom stereocenters. The minimum Gasteiger partial charge on any atom is -0.339 e. The summed E-state index contributed by atoms with van der Waals surface area (Å²) in [5, 5.41) is 7.26. The fourth-order valence-corrected chi connectivity index (χ4v) is 4.72. The van der Waals surface area contributed by atoms with Crippen LogP contribution in [0.4, 0.5) is 0 Å². The molecule has 5 aromatic rings. The van der Waals surface area contributed by atoms with Crippen molar-refractivity contribution in [1.29, 1.82) is 0 Å². The summed E-state index contributed by atoms with van der Waals surface area (Å²) in [5.41, 5.74) is 8.38. The van der Waals surface area contributed by atoms with E-state index in [9.17, 15) is 4.79 Å². The molecule has 162 valence electrons. The molecule has 33 heavy (non-hydrogen) atoms. The monoisotopic (exact) mass is 449 g/mol. The van der Waals surface area contributed by atoms with Crippen molar-refractivity contribution in [2.24, 2.45) is 5.10 Å². The zero-order valence-electron chi connectivity index (χ0n) is 18.0. The SMILES string of the molecule is O=C(CCn1c(-c2ccccc2)c(-c2ccccc2)c2ccccc21)NN=Cc1cccs1. The topological polar surface area (TPSA) is 46.4 Å². The van der Waals surface area contributed by atoms with Gasteiger partial charge in [-0.05, 0) is 28.6 Å². The summed E-state index contributed by atoms with van der Waals surface area (Å²) in [6, 6.07) is 33.2. The van der Waals surface area contributed by atoms with Gasteiger partial charge in [0.05, 0.1) is 11.9 Å². The van der Waals surface area contributed by atoms with Crippen LogP contribution < -0.4 is 5.43 Å². The number of para-hydroxylation sites is 1. The van der Waals surface area contributed by atoms with Gasteiger partial charge in [-0.2, -0.15) is 5.10 Å². The Kier molecular flexibility index (Phi) is 6.13. The Morgan fingerprint density at radius 1 is 0.848 bits per heavy atom.